The van der Waals surface area contributed by atoms with Crippen molar-refractivity contribution in [3.05, 3.63) is 45.5 Å². The highest BCUT2D eigenvalue weighted by Crippen LogP contribution is 2.28. The van der Waals surface area contributed by atoms with Crippen LogP contribution in [0, 0.1) is 27.7 Å². The van der Waals surface area contributed by atoms with E-state index in [1.165, 1.54) is 0 Å². The lowest BCUT2D eigenvalue weighted by atomic mass is 9.88. The van der Waals surface area contributed by atoms with Crippen molar-refractivity contribution < 1.29 is 19.8 Å². The summed E-state index contributed by atoms with van der Waals surface area (Å²) in [5.74, 6) is -1.98. The quantitative estimate of drug-likeness (QED) is 0.827. The lowest BCUT2D eigenvalue weighted by molar-refractivity contribution is -0.132. The number of carboxylic acids is 2. The van der Waals surface area contributed by atoms with E-state index in [0.717, 1.165) is 45.5 Å². The van der Waals surface area contributed by atoms with Gasteiger partial charge in [-0.15, -0.1) is 0 Å². The third-order valence-electron chi connectivity index (χ3n) is 3.53. The van der Waals surface area contributed by atoms with Gasteiger partial charge in [0, 0.05) is 12.2 Å². The van der Waals surface area contributed by atoms with Crippen LogP contribution in [0.5, 0.6) is 0 Å². The number of aliphatic carboxylic acids is 2. The Kier molecular flexibility index (Phi) is 4.86. The van der Waals surface area contributed by atoms with Gasteiger partial charge in [-0.3, -0.25) is 0 Å². The van der Waals surface area contributed by atoms with Crippen molar-refractivity contribution in [1.29, 1.82) is 0 Å². The first kappa shape index (κ1) is 15.7. The predicted octanol–water partition coefficient (Wildman–Crippen LogP) is 3.12. The average Bonchev–Trinajstić information content (AvgIpc) is 2.35. The van der Waals surface area contributed by atoms with Gasteiger partial charge >= 0.3 is 11.9 Å². The van der Waals surface area contributed by atoms with E-state index in [0.29, 0.717) is 0 Å². The van der Waals surface area contributed by atoms with E-state index in [2.05, 4.69) is 0 Å². The zero-order chi connectivity index (χ0) is 15.4. The Morgan fingerprint density at radius 1 is 0.700 bits per heavy atom. The van der Waals surface area contributed by atoms with Gasteiger partial charge in [0.15, 0.2) is 0 Å². The minimum atomic E-state index is -0.992. The van der Waals surface area contributed by atoms with Crippen molar-refractivity contribution in [3.8, 4) is 0 Å². The lowest BCUT2D eigenvalue weighted by Crippen LogP contribution is -2.00. The summed E-state index contributed by atoms with van der Waals surface area (Å²) in [4.78, 5) is 21.3. The maximum Gasteiger partial charge on any atom is 0.328 e. The van der Waals surface area contributed by atoms with Gasteiger partial charge < -0.3 is 10.2 Å². The molecule has 0 heterocycles. The fourth-order valence-electron chi connectivity index (χ4n) is 2.18. The number of hydrogen-bond donors (Lipinski definition) is 2. The number of benzene rings is 1. The molecule has 0 aliphatic heterocycles. The second kappa shape index (κ2) is 6.19. The van der Waals surface area contributed by atoms with Crippen LogP contribution in [-0.4, -0.2) is 22.2 Å². The van der Waals surface area contributed by atoms with Gasteiger partial charge in [-0.2, -0.15) is 0 Å². The highest BCUT2D eigenvalue weighted by molar-refractivity contribution is 5.88. The Labute approximate surface area is 118 Å². The van der Waals surface area contributed by atoms with Gasteiger partial charge in [-0.1, -0.05) is 0 Å². The Balaban J connectivity index is 3.49. The summed E-state index contributed by atoms with van der Waals surface area (Å²) in [6.07, 6.45) is 5.39. The van der Waals surface area contributed by atoms with E-state index in [1.807, 2.05) is 27.7 Å². The van der Waals surface area contributed by atoms with Crippen molar-refractivity contribution >= 4 is 24.1 Å². The predicted molar refractivity (Wildman–Crippen MR) is 78.7 cm³/mol. The van der Waals surface area contributed by atoms with Crippen molar-refractivity contribution in [2.75, 3.05) is 0 Å². The Morgan fingerprint density at radius 2 is 0.950 bits per heavy atom. The summed E-state index contributed by atoms with van der Waals surface area (Å²) in [6, 6.07) is 0. The summed E-state index contributed by atoms with van der Waals surface area (Å²) in [5.41, 5.74) is 5.56. The minimum Gasteiger partial charge on any atom is -0.478 e. The molecule has 0 saturated heterocycles. The Bertz CT molecular complexity index is 538. The molecule has 0 fully saturated rings. The second-order valence-electron chi connectivity index (χ2n) is 4.67. The second-order valence-corrected chi connectivity index (χ2v) is 4.67. The van der Waals surface area contributed by atoms with Gasteiger partial charge in [0.2, 0.25) is 0 Å². The van der Waals surface area contributed by atoms with Crippen LogP contribution in [0.2, 0.25) is 0 Å². The summed E-state index contributed by atoms with van der Waals surface area (Å²) >= 11 is 0. The number of hydrogen-bond acceptors (Lipinski definition) is 2. The van der Waals surface area contributed by atoms with Crippen LogP contribution in [0.25, 0.3) is 12.2 Å². The minimum absolute atomic E-state index is 0.870. The van der Waals surface area contributed by atoms with Crippen LogP contribution in [0.4, 0.5) is 0 Å². The molecule has 0 saturated carbocycles. The highest BCUT2D eigenvalue weighted by atomic mass is 16.4. The van der Waals surface area contributed by atoms with Crippen molar-refractivity contribution in [2.45, 2.75) is 27.7 Å². The SMILES string of the molecule is Cc1c(C)c(C=CC(=O)O)c(C)c(C)c1C=CC(=O)O. The van der Waals surface area contributed by atoms with Crippen LogP contribution < -0.4 is 0 Å². The zero-order valence-corrected chi connectivity index (χ0v) is 12.0. The van der Waals surface area contributed by atoms with E-state index in [-0.39, 0.29) is 0 Å². The van der Waals surface area contributed by atoms with Crippen LogP contribution in [0.1, 0.15) is 33.4 Å². The van der Waals surface area contributed by atoms with E-state index in [4.69, 9.17) is 10.2 Å². The average molecular weight is 274 g/mol. The molecular weight excluding hydrogens is 256 g/mol. The summed E-state index contributed by atoms with van der Waals surface area (Å²) in [7, 11) is 0. The van der Waals surface area contributed by atoms with Crippen LogP contribution in [0.15, 0.2) is 12.2 Å². The molecule has 0 aliphatic rings. The largest absolute Gasteiger partial charge is 0.478 e. The molecule has 1 aromatic rings. The van der Waals surface area contributed by atoms with Crippen molar-refractivity contribution in [1.82, 2.24) is 0 Å². The molecule has 0 unspecified atom stereocenters. The van der Waals surface area contributed by atoms with E-state index < -0.39 is 11.9 Å². The maximum absolute atomic E-state index is 10.6. The van der Waals surface area contributed by atoms with E-state index >= 15 is 0 Å². The van der Waals surface area contributed by atoms with E-state index in [1.54, 1.807) is 12.2 Å². The van der Waals surface area contributed by atoms with E-state index in [9.17, 15) is 9.59 Å². The Hall–Kier alpha value is -2.36. The van der Waals surface area contributed by atoms with Crippen molar-refractivity contribution in [2.24, 2.45) is 0 Å². The summed E-state index contributed by atoms with van der Waals surface area (Å²) in [5, 5.41) is 17.5. The van der Waals surface area contributed by atoms with Gasteiger partial charge in [0.05, 0.1) is 0 Å². The normalized spacial score (nSPS) is 11.4. The molecule has 20 heavy (non-hydrogen) atoms. The molecule has 4 heteroatoms. The summed E-state index contributed by atoms with van der Waals surface area (Å²) < 4.78 is 0. The molecule has 0 spiro atoms. The molecule has 0 atom stereocenters. The van der Waals surface area contributed by atoms with Crippen LogP contribution in [0.3, 0.4) is 0 Å². The molecule has 0 bridgehead atoms. The molecule has 1 aromatic carbocycles. The monoisotopic (exact) mass is 274 g/mol. The topological polar surface area (TPSA) is 74.6 Å². The first-order chi connectivity index (χ1) is 9.25. The molecule has 0 amide bonds. The van der Waals surface area contributed by atoms with Crippen LogP contribution >= 0.6 is 0 Å². The van der Waals surface area contributed by atoms with Gasteiger partial charge in [-0.05, 0) is 73.2 Å². The smallest absolute Gasteiger partial charge is 0.328 e. The molecule has 2 N–H and O–H groups in total. The molecule has 0 aliphatic carbocycles. The first-order valence-electron chi connectivity index (χ1n) is 6.18. The standard InChI is InChI=1S/C16H18O4/c1-9-10(2)14(6-8-16(19)20)12(4)11(3)13(9)5-7-15(17)18/h5-8H,1-4H3,(H,17,18)(H,19,20). The maximum atomic E-state index is 10.6. The molecule has 4 nitrogen and oxygen atoms in total. The zero-order valence-electron chi connectivity index (χ0n) is 12.0. The lowest BCUT2D eigenvalue weighted by Gasteiger charge is -2.16. The van der Waals surface area contributed by atoms with Gasteiger partial charge in [0.25, 0.3) is 0 Å². The number of rotatable bonds is 4. The molecule has 0 radical (unpaired) electrons. The van der Waals surface area contributed by atoms with Crippen molar-refractivity contribution in [3.63, 3.8) is 0 Å². The third kappa shape index (κ3) is 3.35. The highest BCUT2D eigenvalue weighted by Gasteiger charge is 2.11. The summed E-state index contributed by atoms with van der Waals surface area (Å²) in [6.45, 7) is 7.62. The molecule has 1 rings (SSSR count). The third-order valence-corrected chi connectivity index (χ3v) is 3.53. The molecular formula is C16H18O4. The van der Waals surface area contributed by atoms with Gasteiger partial charge in [0.1, 0.15) is 0 Å². The Morgan fingerprint density at radius 3 is 1.15 bits per heavy atom. The van der Waals surface area contributed by atoms with Crippen LogP contribution in [-0.2, 0) is 9.59 Å². The fourth-order valence-corrected chi connectivity index (χ4v) is 2.18. The number of carbonyl (C=O) groups is 2. The first-order valence-corrected chi connectivity index (χ1v) is 6.18. The molecule has 106 valence electrons. The number of carboxylic acid groups (broad SMARTS) is 2. The van der Waals surface area contributed by atoms with Gasteiger partial charge in [-0.25, -0.2) is 9.59 Å². The fraction of sp³-hybridized carbons (Fsp3) is 0.250. The molecule has 0 aromatic heterocycles.